The molecule has 0 amide bonds. The van der Waals surface area contributed by atoms with E-state index in [1.165, 1.54) is 12.8 Å². The average Bonchev–Trinajstić information content (AvgIpc) is 3.13. The van der Waals surface area contributed by atoms with Gasteiger partial charge in [0.1, 0.15) is 0 Å². The maximum Gasteiger partial charge on any atom is 0.179 e. The monoisotopic (exact) mass is 271 g/mol. The van der Waals surface area contributed by atoms with Crippen molar-refractivity contribution in [3.8, 4) is 0 Å². The third-order valence-corrected chi connectivity index (χ3v) is 4.13. The predicted octanol–water partition coefficient (Wildman–Crippen LogP) is 2.16. The highest BCUT2D eigenvalue weighted by Gasteiger charge is 2.18. The van der Waals surface area contributed by atoms with Gasteiger partial charge in [-0.3, -0.25) is 4.79 Å². The highest BCUT2D eigenvalue weighted by molar-refractivity contribution is 6.02. The number of benzene rings is 1. The van der Waals surface area contributed by atoms with Gasteiger partial charge >= 0.3 is 0 Å². The topological polar surface area (TPSA) is 62.1 Å². The van der Waals surface area contributed by atoms with Crippen molar-refractivity contribution < 1.29 is 4.79 Å². The Kier molecular flexibility index (Phi) is 3.85. The molecule has 1 saturated heterocycles. The van der Waals surface area contributed by atoms with Crippen LogP contribution in [-0.4, -0.2) is 41.3 Å². The lowest BCUT2D eigenvalue weighted by atomic mass is 10.0. The summed E-state index contributed by atoms with van der Waals surface area (Å²) in [6.45, 7) is 3.22. The van der Waals surface area contributed by atoms with Gasteiger partial charge in [0.15, 0.2) is 5.78 Å². The number of carbonyl (C=O) groups is 1. The molecule has 4 nitrogen and oxygen atoms in total. The van der Waals surface area contributed by atoms with Gasteiger partial charge in [0.25, 0.3) is 0 Å². The van der Waals surface area contributed by atoms with Crippen LogP contribution >= 0.6 is 0 Å². The second kappa shape index (κ2) is 5.77. The van der Waals surface area contributed by atoms with Crippen LogP contribution in [0.1, 0.15) is 29.6 Å². The Hall–Kier alpha value is -1.65. The number of hydrogen-bond donors (Lipinski definition) is 2. The molecule has 0 bridgehead atoms. The molecule has 1 fully saturated rings. The zero-order chi connectivity index (χ0) is 13.9. The molecule has 3 N–H and O–H groups in total. The smallest absolute Gasteiger partial charge is 0.179 e. The number of rotatable bonds is 5. The summed E-state index contributed by atoms with van der Waals surface area (Å²) in [7, 11) is 0. The number of fused-ring (bicyclic) bond motifs is 1. The number of hydrogen-bond acceptors (Lipinski definition) is 3. The van der Waals surface area contributed by atoms with Crippen molar-refractivity contribution >= 4 is 16.7 Å². The molecule has 0 saturated carbocycles. The Morgan fingerprint density at radius 3 is 2.90 bits per heavy atom. The van der Waals surface area contributed by atoms with Crippen LogP contribution in [0.25, 0.3) is 10.9 Å². The molecule has 0 radical (unpaired) electrons. The number of H-pyrrole nitrogens is 1. The van der Waals surface area contributed by atoms with E-state index >= 15 is 0 Å². The van der Waals surface area contributed by atoms with Crippen molar-refractivity contribution in [3.05, 3.63) is 36.0 Å². The Morgan fingerprint density at radius 2 is 2.10 bits per heavy atom. The standard InChI is InChI=1S/C16H21N3O/c17-14(6-10-19-8-1-2-9-19)16(20)13-4-3-12-5-7-18-15(12)11-13/h3-5,7,11,14,18H,1-2,6,8-10,17H2. The number of nitrogens with two attached hydrogens (primary N) is 1. The number of likely N-dealkylation sites (tertiary alicyclic amines) is 1. The largest absolute Gasteiger partial charge is 0.361 e. The van der Waals surface area contributed by atoms with E-state index in [1.54, 1.807) is 0 Å². The summed E-state index contributed by atoms with van der Waals surface area (Å²) in [4.78, 5) is 17.9. The Morgan fingerprint density at radius 1 is 1.30 bits per heavy atom. The summed E-state index contributed by atoms with van der Waals surface area (Å²) >= 11 is 0. The molecule has 20 heavy (non-hydrogen) atoms. The summed E-state index contributed by atoms with van der Waals surface area (Å²) in [5.74, 6) is 0.0423. The zero-order valence-electron chi connectivity index (χ0n) is 11.6. The highest BCUT2D eigenvalue weighted by atomic mass is 16.1. The minimum absolute atomic E-state index is 0.0423. The summed E-state index contributed by atoms with van der Waals surface area (Å²) < 4.78 is 0. The van der Waals surface area contributed by atoms with E-state index in [0.717, 1.165) is 37.0 Å². The molecule has 0 spiro atoms. The first-order valence-corrected chi connectivity index (χ1v) is 7.33. The number of carbonyl (C=O) groups excluding carboxylic acids is 1. The van der Waals surface area contributed by atoms with Crippen molar-refractivity contribution in [1.82, 2.24) is 9.88 Å². The van der Waals surface area contributed by atoms with Crippen LogP contribution in [0.3, 0.4) is 0 Å². The first-order chi connectivity index (χ1) is 9.74. The van der Waals surface area contributed by atoms with Gasteiger partial charge in [-0.2, -0.15) is 0 Å². The zero-order valence-corrected chi connectivity index (χ0v) is 11.6. The summed E-state index contributed by atoms with van der Waals surface area (Å²) in [6.07, 6.45) is 5.16. The Bertz CT molecular complexity index is 599. The fraction of sp³-hybridized carbons (Fsp3) is 0.438. The second-order valence-electron chi connectivity index (χ2n) is 5.59. The molecule has 3 rings (SSSR count). The van der Waals surface area contributed by atoms with Crippen LogP contribution in [0.15, 0.2) is 30.5 Å². The van der Waals surface area contributed by atoms with E-state index in [4.69, 9.17) is 5.73 Å². The van der Waals surface area contributed by atoms with Gasteiger partial charge in [-0.15, -0.1) is 0 Å². The number of ketones is 1. The molecule has 2 aromatic rings. The van der Waals surface area contributed by atoms with E-state index in [0.29, 0.717) is 5.56 Å². The lowest BCUT2D eigenvalue weighted by Gasteiger charge is -2.17. The first kappa shape index (κ1) is 13.3. The first-order valence-electron chi connectivity index (χ1n) is 7.33. The van der Waals surface area contributed by atoms with Crippen molar-refractivity contribution in [2.24, 2.45) is 5.73 Å². The van der Waals surface area contributed by atoms with Crippen LogP contribution in [0.5, 0.6) is 0 Å². The average molecular weight is 271 g/mol. The minimum atomic E-state index is -0.400. The maximum absolute atomic E-state index is 12.4. The van der Waals surface area contributed by atoms with Crippen LogP contribution in [0.4, 0.5) is 0 Å². The van der Waals surface area contributed by atoms with Crippen LogP contribution in [0, 0.1) is 0 Å². The molecule has 1 unspecified atom stereocenters. The maximum atomic E-state index is 12.4. The summed E-state index contributed by atoms with van der Waals surface area (Å²) in [6, 6.07) is 7.33. The second-order valence-corrected chi connectivity index (χ2v) is 5.59. The molecular formula is C16H21N3O. The SMILES string of the molecule is NC(CCN1CCCC1)C(=O)c1ccc2cc[nH]c2c1. The van der Waals surface area contributed by atoms with E-state index < -0.39 is 6.04 Å². The number of aromatic amines is 1. The summed E-state index contributed by atoms with van der Waals surface area (Å²) in [5.41, 5.74) is 7.75. The lowest BCUT2D eigenvalue weighted by molar-refractivity contribution is 0.0952. The molecule has 2 heterocycles. The van der Waals surface area contributed by atoms with E-state index in [-0.39, 0.29) is 5.78 Å². The molecule has 1 aliphatic heterocycles. The Balaban J connectivity index is 1.64. The van der Waals surface area contributed by atoms with Gasteiger partial charge in [-0.25, -0.2) is 0 Å². The van der Waals surface area contributed by atoms with Crippen LogP contribution in [-0.2, 0) is 0 Å². The van der Waals surface area contributed by atoms with Crippen LogP contribution < -0.4 is 5.73 Å². The number of Topliss-reactive ketones (excluding diaryl/α,β-unsaturated/α-hetero) is 1. The van der Waals surface area contributed by atoms with Crippen molar-refractivity contribution in [2.75, 3.05) is 19.6 Å². The van der Waals surface area contributed by atoms with Gasteiger partial charge in [0, 0.05) is 23.8 Å². The highest BCUT2D eigenvalue weighted by Crippen LogP contribution is 2.16. The molecular weight excluding hydrogens is 250 g/mol. The Labute approximate surface area is 118 Å². The quantitative estimate of drug-likeness (QED) is 0.819. The summed E-state index contributed by atoms with van der Waals surface area (Å²) in [5, 5.41) is 1.12. The van der Waals surface area contributed by atoms with Gasteiger partial charge in [0.05, 0.1) is 6.04 Å². The van der Waals surface area contributed by atoms with Gasteiger partial charge in [-0.05, 0) is 49.9 Å². The van der Waals surface area contributed by atoms with Crippen molar-refractivity contribution in [2.45, 2.75) is 25.3 Å². The number of nitrogens with zero attached hydrogens (tertiary/aromatic N) is 1. The molecule has 1 atom stereocenters. The van der Waals surface area contributed by atoms with Gasteiger partial charge in [0.2, 0.25) is 0 Å². The number of aromatic nitrogens is 1. The molecule has 4 heteroatoms. The predicted molar refractivity (Wildman–Crippen MR) is 80.9 cm³/mol. The normalized spacial score (nSPS) is 17.6. The third kappa shape index (κ3) is 2.76. The molecule has 1 aliphatic rings. The van der Waals surface area contributed by atoms with Gasteiger partial charge < -0.3 is 15.6 Å². The van der Waals surface area contributed by atoms with E-state index in [9.17, 15) is 4.79 Å². The van der Waals surface area contributed by atoms with Crippen LogP contribution in [0.2, 0.25) is 0 Å². The molecule has 1 aromatic heterocycles. The van der Waals surface area contributed by atoms with Crippen molar-refractivity contribution in [1.29, 1.82) is 0 Å². The van der Waals surface area contributed by atoms with E-state index in [2.05, 4.69) is 9.88 Å². The molecule has 1 aromatic carbocycles. The molecule has 0 aliphatic carbocycles. The molecule has 106 valence electrons. The lowest BCUT2D eigenvalue weighted by Crippen LogP contribution is -2.35. The fourth-order valence-corrected chi connectivity index (χ4v) is 2.87. The van der Waals surface area contributed by atoms with Crippen molar-refractivity contribution in [3.63, 3.8) is 0 Å². The fourth-order valence-electron chi connectivity index (χ4n) is 2.87. The number of nitrogens with one attached hydrogen (secondary N) is 1. The third-order valence-electron chi connectivity index (χ3n) is 4.13. The van der Waals surface area contributed by atoms with E-state index in [1.807, 2.05) is 30.5 Å². The van der Waals surface area contributed by atoms with Gasteiger partial charge in [-0.1, -0.05) is 12.1 Å². The minimum Gasteiger partial charge on any atom is -0.361 e.